The molecule has 0 aromatic carbocycles. The molecule has 1 unspecified atom stereocenters. The van der Waals surface area contributed by atoms with Crippen LogP contribution in [0.4, 0.5) is 0 Å². The Balaban J connectivity index is 3.56. The van der Waals surface area contributed by atoms with E-state index in [4.69, 9.17) is 5.11 Å². The highest BCUT2D eigenvalue weighted by atomic mass is 32.2. The highest BCUT2D eigenvalue weighted by Gasteiger charge is 2.15. The van der Waals surface area contributed by atoms with E-state index < -0.39 is 12.0 Å². The van der Waals surface area contributed by atoms with E-state index in [9.17, 15) is 4.79 Å². The number of thioether (sulfide) groups is 1. The van der Waals surface area contributed by atoms with Crippen LogP contribution in [0.3, 0.4) is 0 Å². The van der Waals surface area contributed by atoms with Crippen LogP contribution in [0.15, 0.2) is 0 Å². The minimum absolute atomic E-state index is 0.420. The van der Waals surface area contributed by atoms with E-state index in [1.165, 1.54) is 0 Å². The van der Waals surface area contributed by atoms with E-state index in [2.05, 4.69) is 30.2 Å². The summed E-state index contributed by atoms with van der Waals surface area (Å²) < 4.78 is 0. The fourth-order valence-electron chi connectivity index (χ4n) is 1.20. The van der Waals surface area contributed by atoms with Crippen LogP contribution in [0.1, 0.15) is 13.3 Å². The number of carboxylic acid groups (broad SMARTS) is 1. The molecule has 0 rings (SSSR count). The van der Waals surface area contributed by atoms with Crippen molar-refractivity contribution in [3.63, 3.8) is 0 Å². The Morgan fingerprint density at radius 2 is 2.19 bits per heavy atom. The van der Waals surface area contributed by atoms with E-state index >= 15 is 0 Å². The van der Waals surface area contributed by atoms with E-state index in [1.54, 1.807) is 11.8 Å². The molecule has 1 atom stereocenters. The van der Waals surface area contributed by atoms with Gasteiger partial charge in [-0.3, -0.25) is 4.79 Å². The van der Waals surface area contributed by atoms with Crippen molar-refractivity contribution in [1.29, 1.82) is 0 Å². The molecule has 0 aromatic rings. The number of thiol groups is 1. The fraction of sp³-hybridized carbons (Fsp3) is 0.900. The molecule has 4 nitrogen and oxygen atoms in total. The lowest BCUT2D eigenvalue weighted by Crippen LogP contribution is -2.41. The minimum atomic E-state index is -0.758. The minimum Gasteiger partial charge on any atom is -0.480 e. The number of carboxylic acids is 1. The van der Waals surface area contributed by atoms with Gasteiger partial charge in [0, 0.05) is 25.4 Å². The quantitative estimate of drug-likeness (QED) is 0.327. The van der Waals surface area contributed by atoms with Crippen molar-refractivity contribution in [1.82, 2.24) is 10.6 Å². The summed E-state index contributed by atoms with van der Waals surface area (Å²) in [5, 5.41) is 15.2. The molecule has 0 aromatic heterocycles. The molecular weight excluding hydrogens is 244 g/mol. The standard InChI is InChI=1S/C10H22N2O2S2/c1-2-16-8-3-9(10(13)14)12-5-4-11-6-7-15/h9,11-12,15H,2-8H2,1H3,(H,13,14). The molecule has 3 N–H and O–H groups in total. The second kappa shape index (κ2) is 11.6. The second-order valence-electron chi connectivity index (χ2n) is 3.30. The smallest absolute Gasteiger partial charge is 0.320 e. The summed E-state index contributed by atoms with van der Waals surface area (Å²) >= 11 is 5.85. The highest BCUT2D eigenvalue weighted by molar-refractivity contribution is 7.99. The largest absolute Gasteiger partial charge is 0.480 e. The zero-order valence-electron chi connectivity index (χ0n) is 9.74. The maximum absolute atomic E-state index is 10.9. The lowest BCUT2D eigenvalue weighted by molar-refractivity contribution is -0.139. The first kappa shape index (κ1) is 16.1. The lowest BCUT2D eigenvalue weighted by atomic mass is 10.2. The number of hydrogen-bond acceptors (Lipinski definition) is 5. The average molecular weight is 266 g/mol. The molecule has 0 heterocycles. The average Bonchev–Trinajstić information content (AvgIpc) is 2.26. The van der Waals surface area contributed by atoms with Gasteiger partial charge < -0.3 is 15.7 Å². The molecule has 0 saturated carbocycles. The van der Waals surface area contributed by atoms with Crippen molar-refractivity contribution in [2.24, 2.45) is 0 Å². The van der Waals surface area contributed by atoms with E-state index in [0.29, 0.717) is 13.0 Å². The number of hydrogen-bond donors (Lipinski definition) is 4. The van der Waals surface area contributed by atoms with Crippen LogP contribution in [0.25, 0.3) is 0 Å². The zero-order chi connectivity index (χ0) is 12.2. The molecule has 16 heavy (non-hydrogen) atoms. The van der Waals surface area contributed by atoms with E-state index in [-0.39, 0.29) is 0 Å². The second-order valence-corrected chi connectivity index (χ2v) is 5.15. The first-order chi connectivity index (χ1) is 7.72. The van der Waals surface area contributed by atoms with Crippen molar-refractivity contribution < 1.29 is 9.90 Å². The fourth-order valence-corrected chi connectivity index (χ4v) is 2.05. The molecule has 0 saturated heterocycles. The molecule has 6 heteroatoms. The summed E-state index contributed by atoms with van der Waals surface area (Å²) in [6.45, 7) is 4.40. The molecule has 0 radical (unpaired) electrons. The van der Waals surface area contributed by atoms with Gasteiger partial charge in [-0.2, -0.15) is 24.4 Å². The maximum atomic E-state index is 10.9. The summed E-state index contributed by atoms with van der Waals surface area (Å²) in [6.07, 6.45) is 0.681. The van der Waals surface area contributed by atoms with Gasteiger partial charge in [0.05, 0.1) is 0 Å². The van der Waals surface area contributed by atoms with Gasteiger partial charge in [-0.05, 0) is 17.9 Å². The van der Waals surface area contributed by atoms with Crippen molar-refractivity contribution in [2.45, 2.75) is 19.4 Å². The Morgan fingerprint density at radius 1 is 1.44 bits per heavy atom. The lowest BCUT2D eigenvalue weighted by Gasteiger charge is -2.14. The third-order valence-electron chi connectivity index (χ3n) is 2.03. The number of rotatable bonds is 11. The van der Waals surface area contributed by atoms with Gasteiger partial charge >= 0.3 is 5.97 Å². The first-order valence-corrected chi connectivity index (χ1v) is 7.36. The van der Waals surface area contributed by atoms with Crippen molar-refractivity contribution in [3.05, 3.63) is 0 Å². The van der Waals surface area contributed by atoms with E-state index in [0.717, 1.165) is 30.3 Å². The summed E-state index contributed by atoms with van der Waals surface area (Å²) in [5.74, 6) is 1.97. The summed E-state index contributed by atoms with van der Waals surface area (Å²) in [7, 11) is 0. The molecule has 96 valence electrons. The Hall–Kier alpha value is 0.0900. The van der Waals surface area contributed by atoms with Crippen LogP contribution in [-0.4, -0.2) is 54.0 Å². The van der Waals surface area contributed by atoms with E-state index in [1.807, 2.05) is 0 Å². The van der Waals surface area contributed by atoms with Crippen LogP contribution >= 0.6 is 24.4 Å². The molecule has 0 aliphatic carbocycles. The maximum Gasteiger partial charge on any atom is 0.320 e. The third-order valence-corrected chi connectivity index (χ3v) is 3.19. The van der Waals surface area contributed by atoms with Crippen LogP contribution in [-0.2, 0) is 4.79 Å². The van der Waals surface area contributed by atoms with Gasteiger partial charge in [0.1, 0.15) is 6.04 Å². The van der Waals surface area contributed by atoms with Crippen LogP contribution in [0.5, 0.6) is 0 Å². The Morgan fingerprint density at radius 3 is 2.75 bits per heavy atom. The molecule has 0 spiro atoms. The predicted molar refractivity (Wildman–Crippen MR) is 73.8 cm³/mol. The van der Waals surface area contributed by atoms with Gasteiger partial charge in [0.25, 0.3) is 0 Å². The van der Waals surface area contributed by atoms with Gasteiger partial charge in [0.15, 0.2) is 0 Å². The van der Waals surface area contributed by atoms with Crippen molar-refractivity contribution >= 4 is 30.4 Å². The number of aliphatic carboxylic acids is 1. The molecule has 0 aliphatic heterocycles. The summed E-state index contributed by atoms with van der Waals surface area (Å²) in [4.78, 5) is 10.9. The monoisotopic (exact) mass is 266 g/mol. The Bertz CT molecular complexity index is 182. The summed E-state index contributed by atoms with van der Waals surface area (Å²) in [6, 6.07) is -0.420. The SMILES string of the molecule is CCSCCC(NCCNCCS)C(=O)O. The topological polar surface area (TPSA) is 61.4 Å². The van der Waals surface area contributed by atoms with Crippen molar-refractivity contribution in [3.8, 4) is 0 Å². The molecular formula is C10H22N2O2S2. The molecule has 0 amide bonds. The Kier molecular flexibility index (Phi) is 11.6. The Labute approximate surface area is 107 Å². The van der Waals surface area contributed by atoms with Crippen molar-refractivity contribution in [2.75, 3.05) is 36.9 Å². The highest BCUT2D eigenvalue weighted by Crippen LogP contribution is 2.04. The van der Waals surface area contributed by atoms with Gasteiger partial charge in [-0.25, -0.2) is 0 Å². The van der Waals surface area contributed by atoms with Crippen LogP contribution in [0, 0.1) is 0 Å². The number of carbonyl (C=O) groups is 1. The first-order valence-electron chi connectivity index (χ1n) is 5.57. The normalized spacial score (nSPS) is 12.6. The van der Waals surface area contributed by atoms with Crippen LogP contribution in [0.2, 0.25) is 0 Å². The molecule has 0 bridgehead atoms. The molecule has 0 fully saturated rings. The van der Waals surface area contributed by atoms with Crippen LogP contribution < -0.4 is 10.6 Å². The van der Waals surface area contributed by atoms with Gasteiger partial charge in [-0.1, -0.05) is 6.92 Å². The van der Waals surface area contributed by atoms with Gasteiger partial charge in [-0.15, -0.1) is 0 Å². The number of nitrogens with one attached hydrogen (secondary N) is 2. The summed E-state index contributed by atoms with van der Waals surface area (Å²) in [5.41, 5.74) is 0. The molecule has 0 aliphatic rings. The third kappa shape index (κ3) is 9.33. The van der Waals surface area contributed by atoms with Gasteiger partial charge in [0.2, 0.25) is 0 Å². The predicted octanol–water partition coefficient (Wildman–Crippen LogP) is 0.692. The zero-order valence-corrected chi connectivity index (χ0v) is 11.4.